The number of hydrogen-bond acceptors (Lipinski definition) is 6. The molecule has 0 aliphatic carbocycles. The van der Waals surface area contributed by atoms with Gasteiger partial charge in [-0.1, -0.05) is 24.3 Å². The SMILES string of the molecule is CCOC(=O)[C@@H]1Oc2c(c(=O)oc3ccccc23)[C@H]1c1cccc(O)c1. The quantitative estimate of drug-likeness (QED) is 0.576. The second kappa shape index (κ2) is 6.22. The van der Waals surface area contributed by atoms with E-state index in [0.717, 1.165) is 0 Å². The van der Waals surface area contributed by atoms with Crippen LogP contribution in [0.15, 0.2) is 57.7 Å². The average Bonchev–Trinajstić information content (AvgIpc) is 3.04. The summed E-state index contributed by atoms with van der Waals surface area (Å²) in [5, 5.41) is 10.4. The topological polar surface area (TPSA) is 86.0 Å². The van der Waals surface area contributed by atoms with Crippen LogP contribution < -0.4 is 10.4 Å². The van der Waals surface area contributed by atoms with Crippen LogP contribution in [0, 0.1) is 0 Å². The largest absolute Gasteiger partial charge is 0.508 e. The van der Waals surface area contributed by atoms with Crippen LogP contribution >= 0.6 is 0 Å². The Bertz CT molecular complexity index is 1050. The maximum atomic E-state index is 12.7. The van der Waals surface area contributed by atoms with Crippen LogP contribution in [-0.2, 0) is 9.53 Å². The molecule has 1 aromatic heterocycles. The third-order valence-corrected chi connectivity index (χ3v) is 4.41. The second-order valence-electron chi connectivity index (χ2n) is 5.99. The Balaban J connectivity index is 1.96. The van der Waals surface area contributed by atoms with Gasteiger partial charge in [0.15, 0.2) is 0 Å². The van der Waals surface area contributed by atoms with Crippen LogP contribution in [-0.4, -0.2) is 23.8 Å². The summed E-state index contributed by atoms with van der Waals surface area (Å²) in [6.07, 6.45) is -1.03. The molecule has 0 unspecified atom stereocenters. The molecule has 6 nitrogen and oxygen atoms in total. The molecule has 3 aromatic rings. The van der Waals surface area contributed by atoms with Crippen molar-refractivity contribution in [3.8, 4) is 11.5 Å². The number of fused-ring (bicyclic) bond motifs is 3. The van der Waals surface area contributed by atoms with E-state index in [1.54, 1.807) is 43.3 Å². The van der Waals surface area contributed by atoms with Gasteiger partial charge < -0.3 is 19.0 Å². The molecule has 132 valence electrons. The lowest BCUT2D eigenvalue weighted by Crippen LogP contribution is -2.32. The van der Waals surface area contributed by atoms with E-state index >= 15 is 0 Å². The molecule has 0 saturated heterocycles. The van der Waals surface area contributed by atoms with Crippen molar-refractivity contribution in [3.05, 3.63) is 70.1 Å². The molecule has 2 heterocycles. The van der Waals surface area contributed by atoms with E-state index in [0.29, 0.717) is 22.3 Å². The zero-order valence-corrected chi connectivity index (χ0v) is 14.0. The number of carbonyl (C=O) groups excluding carboxylic acids is 1. The van der Waals surface area contributed by atoms with E-state index in [1.807, 2.05) is 0 Å². The van der Waals surface area contributed by atoms with Crippen LogP contribution in [0.4, 0.5) is 0 Å². The van der Waals surface area contributed by atoms with E-state index < -0.39 is 23.6 Å². The van der Waals surface area contributed by atoms with Crippen molar-refractivity contribution in [2.24, 2.45) is 0 Å². The number of phenols is 1. The van der Waals surface area contributed by atoms with Crippen molar-refractivity contribution < 1.29 is 23.8 Å². The standard InChI is InChI=1S/C20H16O6/c1-2-24-20(23)18-15(11-6-5-7-12(21)10-11)16-17(26-18)13-8-3-4-9-14(13)25-19(16)22/h3-10,15,18,21H,2H2,1H3/t15-,18-/m1/s1. The fourth-order valence-corrected chi connectivity index (χ4v) is 3.35. The Morgan fingerprint density at radius 2 is 2.00 bits per heavy atom. The number of phenolic OH excluding ortho intramolecular Hbond substituents is 1. The van der Waals surface area contributed by atoms with Crippen molar-refractivity contribution in [1.82, 2.24) is 0 Å². The maximum Gasteiger partial charge on any atom is 0.348 e. The van der Waals surface area contributed by atoms with Crippen LogP contribution in [0.3, 0.4) is 0 Å². The number of esters is 1. The molecule has 2 atom stereocenters. The summed E-state index contributed by atoms with van der Waals surface area (Å²) in [5.74, 6) is -0.940. The minimum Gasteiger partial charge on any atom is -0.508 e. The van der Waals surface area contributed by atoms with Gasteiger partial charge >= 0.3 is 11.6 Å². The molecular weight excluding hydrogens is 336 g/mol. The molecular formula is C20H16O6. The first-order valence-corrected chi connectivity index (χ1v) is 8.28. The number of hydrogen-bond donors (Lipinski definition) is 1. The third-order valence-electron chi connectivity index (χ3n) is 4.41. The first kappa shape index (κ1) is 16.2. The highest BCUT2D eigenvalue weighted by molar-refractivity contribution is 5.88. The van der Waals surface area contributed by atoms with Crippen LogP contribution in [0.5, 0.6) is 11.5 Å². The van der Waals surface area contributed by atoms with Gasteiger partial charge in [0.1, 0.15) is 17.1 Å². The molecule has 0 bridgehead atoms. The number of benzene rings is 2. The van der Waals surface area contributed by atoms with Crippen LogP contribution in [0.25, 0.3) is 11.0 Å². The van der Waals surface area contributed by atoms with Gasteiger partial charge in [-0.2, -0.15) is 0 Å². The Morgan fingerprint density at radius 3 is 2.77 bits per heavy atom. The second-order valence-corrected chi connectivity index (χ2v) is 5.99. The Labute approximate surface area is 148 Å². The van der Waals surface area contributed by atoms with Crippen molar-refractivity contribution in [1.29, 1.82) is 0 Å². The minimum atomic E-state index is -1.03. The normalized spacial score (nSPS) is 18.3. The molecule has 4 rings (SSSR count). The molecule has 0 amide bonds. The summed E-state index contributed by atoms with van der Waals surface area (Å²) in [5.41, 5.74) is 0.644. The first-order valence-electron chi connectivity index (χ1n) is 8.28. The molecule has 0 fully saturated rings. The lowest BCUT2D eigenvalue weighted by molar-refractivity contribution is -0.151. The highest BCUT2D eigenvalue weighted by atomic mass is 16.6. The van der Waals surface area contributed by atoms with Crippen molar-refractivity contribution in [2.75, 3.05) is 6.61 Å². The molecule has 1 aliphatic heterocycles. The van der Waals surface area contributed by atoms with Crippen molar-refractivity contribution in [3.63, 3.8) is 0 Å². The van der Waals surface area contributed by atoms with Gasteiger partial charge in [0, 0.05) is 0 Å². The molecule has 0 spiro atoms. The molecule has 0 saturated carbocycles. The molecule has 1 N–H and O–H groups in total. The maximum absolute atomic E-state index is 12.7. The summed E-state index contributed by atoms with van der Waals surface area (Å²) < 4.78 is 16.5. The van der Waals surface area contributed by atoms with Crippen LogP contribution in [0.2, 0.25) is 0 Å². The predicted molar refractivity (Wildman–Crippen MR) is 93.5 cm³/mol. The highest BCUT2D eigenvalue weighted by Crippen LogP contribution is 2.44. The first-order chi connectivity index (χ1) is 12.6. The monoisotopic (exact) mass is 352 g/mol. The summed E-state index contributed by atoms with van der Waals surface area (Å²) in [6.45, 7) is 1.89. The van der Waals surface area contributed by atoms with Crippen molar-refractivity contribution in [2.45, 2.75) is 18.9 Å². The van der Waals surface area contributed by atoms with Gasteiger partial charge in [0.25, 0.3) is 0 Å². The summed E-state index contributed by atoms with van der Waals surface area (Å²) >= 11 is 0. The lowest BCUT2D eigenvalue weighted by Gasteiger charge is -2.17. The zero-order chi connectivity index (χ0) is 18.3. The van der Waals surface area contributed by atoms with E-state index in [4.69, 9.17) is 13.9 Å². The Morgan fingerprint density at radius 1 is 1.19 bits per heavy atom. The fourth-order valence-electron chi connectivity index (χ4n) is 3.35. The summed E-state index contributed by atoms with van der Waals surface area (Å²) in [4.78, 5) is 25.1. The molecule has 1 aliphatic rings. The molecule has 26 heavy (non-hydrogen) atoms. The Hall–Kier alpha value is -3.28. The average molecular weight is 352 g/mol. The molecule has 6 heteroatoms. The van der Waals surface area contributed by atoms with Gasteiger partial charge in [-0.3, -0.25) is 0 Å². The van der Waals surface area contributed by atoms with E-state index in [2.05, 4.69) is 0 Å². The fraction of sp³-hybridized carbons (Fsp3) is 0.200. The third kappa shape index (κ3) is 2.50. The van der Waals surface area contributed by atoms with Gasteiger partial charge in [-0.15, -0.1) is 0 Å². The summed E-state index contributed by atoms with van der Waals surface area (Å²) in [7, 11) is 0. The van der Waals surface area contributed by atoms with Gasteiger partial charge in [-0.05, 0) is 36.8 Å². The van der Waals surface area contributed by atoms with Gasteiger partial charge in [0.05, 0.1) is 23.5 Å². The lowest BCUT2D eigenvalue weighted by atomic mass is 9.88. The number of para-hydroxylation sites is 1. The van der Waals surface area contributed by atoms with Crippen LogP contribution in [0.1, 0.15) is 24.0 Å². The van der Waals surface area contributed by atoms with Gasteiger partial charge in [-0.25, -0.2) is 9.59 Å². The number of aromatic hydroxyl groups is 1. The number of carbonyl (C=O) groups is 1. The molecule has 0 radical (unpaired) electrons. The number of ether oxygens (including phenoxy) is 2. The Kier molecular flexibility index (Phi) is 3.88. The van der Waals surface area contributed by atoms with E-state index in [1.165, 1.54) is 12.1 Å². The highest BCUT2D eigenvalue weighted by Gasteiger charge is 2.45. The minimum absolute atomic E-state index is 0.0312. The predicted octanol–water partition coefficient (Wildman–Crippen LogP) is 2.95. The van der Waals surface area contributed by atoms with Crippen molar-refractivity contribution >= 4 is 16.9 Å². The van der Waals surface area contributed by atoms with E-state index in [9.17, 15) is 14.7 Å². The molecule has 2 aromatic carbocycles. The number of rotatable bonds is 3. The van der Waals surface area contributed by atoms with E-state index in [-0.39, 0.29) is 17.9 Å². The zero-order valence-electron chi connectivity index (χ0n) is 14.0. The smallest absolute Gasteiger partial charge is 0.348 e. The summed E-state index contributed by atoms with van der Waals surface area (Å²) in [6, 6.07) is 13.4. The van der Waals surface area contributed by atoms with Gasteiger partial charge in [0.2, 0.25) is 6.10 Å².